The largest absolute Gasteiger partial charge is 0.335 e. The number of Topliss-reactive ketones (excluding diaryl/α,β-unsaturated/α-hetero) is 4. The molecule has 0 fully saturated rings. The first kappa shape index (κ1) is 81.7. The number of H-pyrrole nitrogens is 1. The van der Waals surface area contributed by atoms with Crippen LogP contribution in [-0.2, 0) is 39.8 Å². The van der Waals surface area contributed by atoms with Crippen LogP contribution >= 0.6 is 0 Å². The van der Waals surface area contributed by atoms with Crippen LogP contribution in [0.3, 0.4) is 0 Å². The van der Waals surface area contributed by atoms with Crippen LogP contribution < -0.4 is 14.7 Å². The Kier molecular flexibility index (Phi) is 28.3. The molecule has 7 aromatic heterocycles. The van der Waals surface area contributed by atoms with Gasteiger partial charge in [-0.3, -0.25) is 43.5 Å². The highest BCUT2D eigenvalue weighted by Gasteiger charge is 2.27. The lowest BCUT2D eigenvalue weighted by Gasteiger charge is -2.30. The third kappa shape index (κ3) is 21.2. The number of nitrogens with one attached hydrogen (secondary N) is 1. The van der Waals surface area contributed by atoms with Gasteiger partial charge in [0.15, 0.2) is 52.6 Å². The van der Waals surface area contributed by atoms with Gasteiger partial charge in [0.25, 0.3) is 11.9 Å². The standard InChI is InChI=1S/2C21H21FN6O.C20H19FN6O.C20H18FN3O.CH3F.CH4/c1-14-8-10-28(21-24-25-26-27(21)2)13-18(14)16-5-3-15(4-6-16)11-20(29)17-7-9-23-12-19(17)22;1-14-8-10-28(21-24-26-27(2)25-21)13-18(14)16-5-3-15(4-6-16)11-20(29)17-7-9-23-12-19(17)22;1-13-7-9-27(20-23-25-26-24-20)12-17(13)15-4-2-14(3-5-15)10-19(28)16-6-8-22-11-18(16)21;1-14-7-9-24(13-22)12-18(14)16-4-2-15(3-5-16)10-20(25)17-6-8-23-11-19(17)21;1-2;/h2*3-7,9,12H,8,10-11,13H2,1-2H3;2-6,8,11H,7,9-10,12H2,1H3,(H,23,24,25,26);2-6,8,11H,7,9-10,12H2,1H3;1H3;1H4/i;;;;1D;. The van der Waals surface area contributed by atoms with E-state index in [4.69, 9.17) is 6.63 Å². The number of hydrogen-bond donors (Lipinski definition) is 1. The van der Waals surface area contributed by atoms with Crippen molar-refractivity contribution in [2.24, 2.45) is 14.1 Å². The number of anilines is 3. The summed E-state index contributed by atoms with van der Waals surface area (Å²) in [7, 11) is 2.58. The summed E-state index contributed by atoms with van der Waals surface area (Å²) in [6.45, 7) is 14.6. The first-order valence-electron chi connectivity index (χ1n) is 36.9. The van der Waals surface area contributed by atoms with Crippen molar-refractivity contribution in [2.75, 3.05) is 74.2 Å². The normalized spacial score (nSPS) is 14.2. The fourth-order valence-electron chi connectivity index (χ4n) is 13.4. The highest BCUT2D eigenvalue weighted by Crippen LogP contribution is 2.33. The van der Waals surface area contributed by atoms with E-state index < -0.39 is 30.4 Å². The van der Waals surface area contributed by atoms with E-state index in [1.54, 1.807) is 16.6 Å². The lowest BCUT2D eigenvalue weighted by molar-refractivity contribution is 0.0980. The molecule has 0 radical (unpaired) electrons. The van der Waals surface area contributed by atoms with Crippen LogP contribution in [0.4, 0.5) is 39.8 Å². The van der Waals surface area contributed by atoms with Gasteiger partial charge in [0, 0.05) is 103 Å². The second-order valence-electron chi connectivity index (χ2n) is 27.3. The third-order valence-corrected chi connectivity index (χ3v) is 19.9. The zero-order valence-corrected chi connectivity index (χ0v) is 63.2. The number of pyridine rings is 4. The minimum absolute atomic E-state index is 0. The van der Waals surface area contributed by atoms with Gasteiger partial charge in [-0.1, -0.05) is 142 Å². The topological polar surface area (TPSA) is 298 Å². The minimum Gasteiger partial charge on any atom is -0.335 e. The zero-order chi connectivity index (χ0) is 80.8. The van der Waals surface area contributed by atoms with Crippen molar-refractivity contribution in [1.29, 1.82) is 5.26 Å². The Labute approximate surface area is 658 Å². The van der Waals surface area contributed by atoms with Gasteiger partial charge in [-0.15, -0.1) is 10.2 Å². The number of aromatic amines is 1. The fourth-order valence-corrected chi connectivity index (χ4v) is 13.4. The zero-order valence-electron chi connectivity index (χ0n) is 64.2. The number of carbonyl (C=O) groups excluding carboxylic acids is 4. The monoisotopic (exact) mass is 1550 g/mol. The number of rotatable bonds is 19. The van der Waals surface area contributed by atoms with E-state index in [2.05, 4.69) is 120 Å². The van der Waals surface area contributed by atoms with Crippen LogP contribution in [0.5, 0.6) is 0 Å². The van der Waals surface area contributed by atoms with Gasteiger partial charge < -0.3 is 19.6 Å². The molecule has 0 saturated heterocycles. The summed E-state index contributed by atoms with van der Waals surface area (Å²) < 4.78 is 72.1. The third-order valence-electron chi connectivity index (χ3n) is 19.9. The molecular formula is C84H86F5N21O4. The van der Waals surface area contributed by atoms with Crippen molar-refractivity contribution in [1.82, 2.24) is 85.9 Å². The number of aryl methyl sites for hydroxylation is 2. The number of aromatic nitrogens is 16. The van der Waals surface area contributed by atoms with Crippen molar-refractivity contribution in [2.45, 2.75) is 86.5 Å². The van der Waals surface area contributed by atoms with Crippen LogP contribution in [-0.4, -0.2) is 169 Å². The molecule has 0 aliphatic carbocycles. The molecule has 11 aromatic rings. The van der Waals surface area contributed by atoms with E-state index in [0.717, 1.165) is 139 Å². The summed E-state index contributed by atoms with van der Waals surface area (Å²) in [6, 6.07) is 36.9. The molecular weight excluding hydrogens is 1460 g/mol. The average Bonchev–Trinajstić information content (AvgIpc) is 1.75. The van der Waals surface area contributed by atoms with E-state index in [1.165, 1.54) is 92.9 Å². The minimum atomic E-state index is -1.00. The summed E-state index contributed by atoms with van der Waals surface area (Å²) in [5.41, 5.74) is 18.1. The van der Waals surface area contributed by atoms with Gasteiger partial charge in [-0.25, -0.2) is 22.2 Å². The van der Waals surface area contributed by atoms with Gasteiger partial charge in [0.2, 0.25) is 5.95 Å². The number of benzene rings is 4. The van der Waals surface area contributed by atoms with Crippen molar-refractivity contribution in [3.8, 4) is 6.19 Å². The smallest absolute Gasteiger partial charge is 0.266 e. The highest BCUT2D eigenvalue weighted by molar-refractivity contribution is 5.99. The molecule has 15 rings (SSSR count). The number of tetrazole rings is 3. The van der Waals surface area contributed by atoms with E-state index >= 15 is 0 Å². The molecule has 0 atom stereocenters. The quantitative estimate of drug-likeness (QED) is 0.0447. The average molecular weight is 1550 g/mol. The Hall–Kier alpha value is -13.3. The predicted molar refractivity (Wildman–Crippen MR) is 423 cm³/mol. The second kappa shape index (κ2) is 39.5. The van der Waals surface area contributed by atoms with E-state index in [9.17, 15) is 41.1 Å². The summed E-state index contributed by atoms with van der Waals surface area (Å²) in [4.78, 5) is 73.6. The Balaban J connectivity index is 0.000000160. The van der Waals surface area contributed by atoms with Crippen LogP contribution in [0.2, 0.25) is 0 Å². The maximum atomic E-state index is 13.8. The lowest BCUT2D eigenvalue weighted by atomic mass is 9.93. The van der Waals surface area contributed by atoms with E-state index in [0.29, 0.717) is 31.5 Å². The van der Waals surface area contributed by atoms with Gasteiger partial charge >= 0.3 is 0 Å². The summed E-state index contributed by atoms with van der Waals surface area (Å²) >= 11 is 0. The lowest BCUT2D eigenvalue weighted by Crippen LogP contribution is -2.33. The van der Waals surface area contributed by atoms with Crippen molar-refractivity contribution in [3.63, 3.8) is 0 Å². The molecule has 0 bridgehead atoms. The molecule has 11 heterocycles. The summed E-state index contributed by atoms with van der Waals surface area (Å²) in [6.07, 6.45) is 16.4. The summed E-state index contributed by atoms with van der Waals surface area (Å²) in [5.74, 6) is -1.44. The van der Waals surface area contributed by atoms with E-state index in [-0.39, 0.29) is 78.5 Å². The molecule has 4 aliphatic heterocycles. The number of halogens is 5. The number of ketones is 4. The Morgan fingerprint density at radius 3 is 1.10 bits per heavy atom. The molecule has 0 saturated carbocycles. The number of hydrogen-bond acceptors (Lipinski definition) is 22. The van der Waals surface area contributed by atoms with Crippen LogP contribution in [0.15, 0.2) is 193 Å². The van der Waals surface area contributed by atoms with Crippen molar-refractivity contribution >= 4 is 63.3 Å². The van der Waals surface area contributed by atoms with Gasteiger partial charge in [-0.05, 0) is 165 Å². The van der Waals surface area contributed by atoms with Gasteiger partial charge in [-0.2, -0.15) is 15.3 Å². The molecule has 0 unspecified atom stereocenters. The molecule has 4 aromatic carbocycles. The molecule has 0 spiro atoms. The number of nitriles is 1. The maximum absolute atomic E-state index is 13.8. The molecule has 25 nitrogen and oxygen atoms in total. The molecule has 30 heteroatoms. The Morgan fingerprint density at radius 1 is 0.456 bits per heavy atom. The van der Waals surface area contributed by atoms with Crippen LogP contribution in [0.1, 0.15) is 148 Å². The van der Waals surface area contributed by atoms with Crippen molar-refractivity contribution < 1.29 is 42.5 Å². The van der Waals surface area contributed by atoms with Crippen LogP contribution in [0, 0.1) is 34.7 Å². The number of alkyl halides is 1. The Bertz CT molecular complexity index is 5380. The van der Waals surface area contributed by atoms with Crippen molar-refractivity contribution in [3.05, 3.63) is 283 Å². The first-order valence-corrected chi connectivity index (χ1v) is 36.2. The van der Waals surface area contributed by atoms with Gasteiger partial charge in [0.05, 0.1) is 69.2 Å². The van der Waals surface area contributed by atoms with E-state index in [1.807, 2.05) is 104 Å². The predicted octanol–water partition coefficient (Wildman–Crippen LogP) is 13.4. The first-order chi connectivity index (χ1) is 55.1. The highest BCUT2D eigenvalue weighted by atomic mass is 19.1. The fraction of sp³-hybridized carbons (Fsp3) is 0.286. The molecule has 4 aliphatic rings. The second-order valence-corrected chi connectivity index (χ2v) is 27.3. The molecule has 586 valence electrons. The Morgan fingerprint density at radius 2 is 0.789 bits per heavy atom. The van der Waals surface area contributed by atoms with Gasteiger partial charge in [0.1, 0.15) is 0 Å². The van der Waals surface area contributed by atoms with Crippen LogP contribution in [0.25, 0.3) is 22.3 Å². The SMILES string of the molecule is C.CC1=C(c2ccc(CC(=O)c3ccncc3F)cc2)CN(C#N)CC1.CC1=C(c2ccc(CC(=O)c3ccncc3F)cc2)CN(c2nn[nH]n2)CC1.CC1=C(c2ccc(CC(=O)c3ccncc3F)cc2)CN(c2nnn(C)n2)CC1.CC1=C(c2ccc(CC(=O)c3ccncc3F)cc2)CN(c2nnnn2C)CC1.[2H]CF. The molecule has 0 amide bonds. The number of carbonyl (C=O) groups is 4. The summed E-state index contributed by atoms with van der Waals surface area (Å²) in [5, 5.41) is 47.4. The molecule has 114 heavy (non-hydrogen) atoms. The number of nitrogens with zero attached hydrogens (tertiary/aromatic N) is 20. The molecule has 1 N–H and O–H groups in total. The maximum Gasteiger partial charge on any atom is 0.266 e.